The molecule has 18 heavy (non-hydrogen) atoms. The standard InChI is InChI=1S/C11H20N4O2S/c1-5-12-10-9(3)11(14-7-13-10)15-8(2)6-18(4,16)17/h7-8H,5-6H2,1-4H3,(H2,12,13,14,15). The molecule has 0 bridgehead atoms. The quantitative estimate of drug-likeness (QED) is 0.805. The van der Waals surface area contributed by atoms with Gasteiger partial charge in [-0.15, -0.1) is 0 Å². The molecule has 0 spiro atoms. The van der Waals surface area contributed by atoms with Gasteiger partial charge in [0.15, 0.2) is 0 Å². The SMILES string of the molecule is CCNc1ncnc(NC(C)CS(C)(=O)=O)c1C. The smallest absolute Gasteiger partial charge is 0.149 e. The van der Waals surface area contributed by atoms with Gasteiger partial charge in [-0.1, -0.05) is 0 Å². The van der Waals surface area contributed by atoms with Crippen LogP contribution in [0.2, 0.25) is 0 Å². The highest BCUT2D eigenvalue weighted by Crippen LogP contribution is 2.18. The maximum absolute atomic E-state index is 11.2. The highest BCUT2D eigenvalue weighted by molar-refractivity contribution is 7.90. The van der Waals surface area contributed by atoms with Gasteiger partial charge in [-0.2, -0.15) is 0 Å². The summed E-state index contributed by atoms with van der Waals surface area (Å²) in [5.41, 5.74) is 0.889. The second-order valence-corrected chi connectivity index (χ2v) is 6.55. The predicted molar refractivity (Wildman–Crippen MR) is 73.7 cm³/mol. The lowest BCUT2D eigenvalue weighted by atomic mass is 10.3. The van der Waals surface area contributed by atoms with Gasteiger partial charge < -0.3 is 10.6 Å². The molecule has 1 rings (SSSR count). The summed E-state index contributed by atoms with van der Waals surface area (Å²) >= 11 is 0. The Morgan fingerprint density at radius 1 is 1.33 bits per heavy atom. The first kappa shape index (κ1) is 14.7. The number of anilines is 2. The van der Waals surface area contributed by atoms with Crippen LogP contribution in [0.5, 0.6) is 0 Å². The van der Waals surface area contributed by atoms with Crippen molar-refractivity contribution in [2.24, 2.45) is 0 Å². The van der Waals surface area contributed by atoms with Crippen LogP contribution in [0.4, 0.5) is 11.6 Å². The van der Waals surface area contributed by atoms with Gasteiger partial charge in [0.05, 0.1) is 5.75 Å². The summed E-state index contributed by atoms with van der Waals surface area (Å²) in [6, 6.07) is -0.192. The van der Waals surface area contributed by atoms with Crippen molar-refractivity contribution < 1.29 is 8.42 Å². The lowest BCUT2D eigenvalue weighted by Gasteiger charge is -2.16. The van der Waals surface area contributed by atoms with Gasteiger partial charge in [0, 0.05) is 24.4 Å². The molecule has 0 radical (unpaired) electrons. The van der Waals surface area contributed by atoms with E-state index in [0.29, 0.717) is 5.82 Å². The van der Waals surface area contributed by atoms with Crippen molar-refractivity contribution in [1.82, 2.24) is 9.97 Å². The highest BCUT2D eigenvalue weighted by atomic mass is 32.2. The fourth-order valence-electron chi connectivity index (χ4n) is 1.67. The van der Waals surface area contributed by atoms with Gasteiger partial charge >= 0.3 is 0 Å². The van der Waals surface area contributed by atoms with Crippen LogP contribution >= 0.6 is 0 Å². The van der Waals surface area contributed by atoms with E-state index in [1.54, 1.807) is 0 Å². The van der Waals surface area contributed by atoms with E-state index in [2.05, 4.69) is 20.6 Å². The lowest BCUT2D eigenvalue weighted by molar-refractivity contribution is 0.598. The highest BCUT2D eigenvalue weighted by Gasteiger charge is 2.13. The fraction of sp³-hybridized carbons (Fsp3) is 0.636. The van der Waals surface area contributed by atoms with E-state index in [4.69, 9.17) is 0 Å². The minimum Gasteiger partial charge on any atom is -0.370 e. The Morgan fingerprint density at radius 3 is 2.50 bits per heavy atom. The van der Waals surface area contributed by atoms with Crippen LogP contribution in [0.25, 0.3) is 0 Å². The average Bonchev–Trinajstić information content (AvgIpc) is 2.21. The number of nitrogens with zero attached hydrogens (tertiary/aromatic N) is 2. The van der Waals surface area contributed by atoms with Crippen LogP contribution in [-0.4, -0.2) is 43.0 Å². The van der Waals surface area contributed by atoms with Crippen molar-refractivity contribution >= 4 is 21.5 Å². The van der Waals surface area contributed by atoms with Crippen molar-refractivity contribution in [3.05, 3.63) is 11.9 Å². The van der Waals surface area contributed by atoms with Crippen LogP contribution < -0.4 is 10.6 Å². The van der Waals surface area contributed by atoms with Gasteiger partial charge in [0.25, 0.3) is 0 Å². The number of hydrogen-bond donors (Lipinski definition) is 2. The number of aromatic nitrogens is 2. The Hall–Kier alpha value is -1.37. The molecule has 1 aromatic rings. The van der Waals surface area contributed by atoms with E-state index in [1.165, 1.54) is 12.6 Å². The molecule has 2 N–H and O–H groups in total. The number of rotatable bonds is 6. The second kappa shape index (κ2) is 5.99. The van der Waals surface area contributed by atoms with E-state index in [-0.39, 0.29) is 11.8 Å². The summed E-state index contributed by atoms with van der Waals surface area (Å²) in [5.74, 6) is 1.51. The van der Waals surface area contributed by atoms with Gasteiger partial charge in [-0.25, -0.2) is 18.4 Å². The molecule has 102 valence electrons. The Balaban J connectivity index is 2.81. The minimum atomic E-state index is -3.00. The van der Waals surface area contributed by atoms with E-state index >= 15 is 0 Å². The number of nitrogens with one attached hydrogen (secondary N) is 2. The van der Waals surface area contributed by atoms with Gasteiger partial charge in [-0.3, -0.25) is 0 Å². The maximum Gasteiger partial charge on any atom is 0.149 e. The maximum atomic E-state index is 11.2. The first-order valence-electron chi connectivity index (χ1n) is 5.83. The number of sulfone groups is 1. The number of hydrogen-bond acceptors (Lipinski definition) is 6. The van der Waals surface area contributed by atoms with Crippen molar-refractivity contribution in [1.29, 1.82) is 0 Å². The summed E-state index contributed by atoms with van der Waals surface area (Å²) < 4.78 is 22.4. The van der Waals surface area contributed by atoms with Gasteiger partial charge in [0.1, 0.15) is 27.8 Å². The molecule has 0 aliphatic rings. The molecule has 0 saturated heterocycles. The largest absolute Gasteiger partial charge is 0.370 e. The molecular weight excluding hydrogens is 252 g/mol. The Bertz CT molecular complexity index is 502. The summed E-state index contributed by atoms with van der Waals surface area (Å²) in [6.45, 7) is 6.47. The molecule has 1 unspecified atom stereocenters. The molecule has 1 aromatic heterocycles. The lowest BCUT2D eigenvalue weighted by Crippen LogP contribution is -2.26. The normalized spacial score (nSPS) is 13.1. The Kier molecular flexibility index (Phi) is 4.89. The molecule has 0 saturated carbocycles. The molecule has 1 atom stereocenters. The minimum absolute atomic E-state index is 0.0764. The molecule has 0 fully saturated rings. The first-order chi connectivity index (χ1) is 8.33. The second-order valence-electron chi connectivity index (χ2n) is 4.36. The zero-order chi connectivity index (χ0) is 13.8. The van der Waals surface area contributed by atoms with E-state index in [1.807, 2.05) is 20.8 Å². The van der Waals surface area contributed by atoms with E-state index in [0.717, 1.165) is 17.9 Å². The van der Waals surface area contributed by atoms with E-state index < -0.39 is 9.84 Å². The first-order valence-corrected chi connectivity index (χ1v) is 7.89. The molecule has 1 heterocycles. The van der Waals surface area contributed by atoms with Crippen molar-refractivity contribution in [2.75, 3.05) is 29.2 Å². The van der Waals surface area contributed by atoms with E-state index in [9.17, 15) is 8.42 Å². The van der Waals surface area contributed by atoms with Crippen LogP contribution in [0, 0.1) is 6.92 Å². The molecule has 0 aliphatic carbocycles. The predicted octanol–water partition coefficient (Wildman–Crippen LogP) is 1.06. The molecule has 0 aliphatic heterocycles. The molecule has 0 aromatic carbocycles. The zero-order valence-electron chi connectivity index (χ0n) is 11.2. The zero-order valence-corrected chi connectivity index (χ0v) is 12.0. The molecule has 7 heteroatoms. The summed E-state index contributed by atoms with van der Waals surface area (Å²) in [7, 11) is -3.00. The van der Waals surface area contributed by atoms with Crippen molar-refractivity contribution in [3.63, 3.8) is 0 Å². The summed E-state index contributed by atoms with van der Waals surface area (Å²) in [4.78, 5) is 8.26. The van der Waals surface area contributed by atoms with Crippen LogP contribution in [0.1, 0.15) is 19.4 Å². The molecule has 0 amide bonds. The summed E-state index contributed by atoms with van der Waals surface area (Å²) in [5, 5.41) is 6.22. The topological polar surface area (TPSA) is 84.0 Å². The van der Waals surface area contributed by atoms with Gasteiger partial charge in [0.2, 0.25) is 0 Å². The summed E-state index contributed by atoms with van der Waals surface area (Å²) in [6.07, 6.45) is 2.68. The Labute approximate surface area is 108 Å². The monoisotopic (exact) mass is 272 g/mol. The van der Waals surface area contributed by atoms with Crippen molar-refractivity contribution in [2.45, 2.75) is 26.8 Å². The van der Waals surface area contributed by atoms with Crippen molar-refractivity contribution in [3.8, 4) is 0 Å². The molecular formula is C11H20N4O2S. The third-order valence-electron chi connectivity index (χ3n) is 2.36. The van der Waals surface area contributed by atoms with Crippen LogP contribution in [0.3, 0.4) is 0 Å². The van der Waals surface area contributed by atoms with Crippen LogP contribution in [-0.2, 0) is 9.84 Å². The molecule has 6 nitrogen and oxygen atoms in total. The third kappa shape index (κ3) is 4.48. The van der Waals surface area contributed by atoms with Gasteiger partial charge in [-0.05, 0) is 20.8 Å². The third-order valence-corrected chi connectivity index (χ3v) is 3.47. The fourth-order valence-corrected chi connectivity index (χ4v) is 2.66. The Morgan fingerprint density at radius 2 is 1.94 bits per heavy atom. The average molecular weight is 272 g/mol. The van der Waals surface area contributed by atoms with Crippen LogP contribution in [0.15, 0.2) is 6.33 Å².